The molecule has 1 aromatic heterocycles. The number of hydrogen-bond acceptors (Lipinski definition) is 3. The van der Waals surface area contributed by atoms with Gasteiger partial charge in [0, 0.05) is 18.0 Å². The van der Waals surface area contributed by atoms with Gasteiger partial charge < -0.3 is 0 Å². The fraction of sp³-hybridized carbons (Fsp3) is 0. The summed E-state index contributed by atoms with van der Waals surface area (Å²) >= 11 is 0. The molecular weight excluding hydrogens is 150 g/mol. The first-order valence-corrected chi connectivity index (χ1v) is 3.76. The van der Waals surface area contributed by atoms with Gasteiger partial charge in [-0.2, -0.15) is 8.42 Å². The van der Waals surface area contributed by atoms with Crippen molar-refractivity contribution in [1.82, 2.24) is 4.98 Å². The second-order valence-corrected chi connectivity index (χ2v) is 2.42. The first kappa shape index (κ1) is 6.95. The van der Waals surface area contributed by atoms with E-state index in [4.69, 9.17) is 0 Å². The zero-order valence-electron chi connectivity index (χ0n) is 5.06. The van der Waals surface area contributed by atoms with Crippen molar-refractivity contribution >= 4 is 15.7 Å². The van der Waals surface area contributed by atoms with Crippen LogP contribution in [0.15, 0.2) is 24.5 Å². The number of pyridine rings is 1. The largest absolute Gasteiger partial charge is 0.264 e. The lowest BCUT2D eigenvalue weighted by Gasteiger charge is -1.83. The summed E-state index contributed by atoms with van der Waals surface area (Å²) in [4.78, 5) is 3.73. The van der Waals surface area contributed by atoms with Crippen LogP contribution in [0.1, 0.15) is 5.56 Å². The van der Waals surface area contributed by atoms with Crippen molar-refractivity contribution < 1.29 is 8.42 Å². The van der Waals surface area contributed by atoms with Crippen LogP contribution in [0.2, 0.25) is 0 Å². The highest BCUT2D eigenvalue weighted by Crippen LogP contribution is 1.88. The lowest BCUT2D eigenvalue weighted by atomic mass is 10.3. The molecule has 1 aromatic rings. The maximum Gasteiger partial charge on any atom is 0.214 e. The Morgan fingerprint density at radius 3 is 2.80 bits per heavy atom. The van der Waals surface area contributed by atoms with Crippen molar-refractivity contribution in [1.29, 1.82) is 0 Å². The van der Waals surface area contributed by atoms with Crippen LogP contribution in [0, 0.1) is 0 Å². The third-order valence-corrected chi connectivity index (χ3v) is 1.38. The van der Waals surface area contributed by atoms with Crippen LogP contribution in [-0.4, -0.2) is 18.8 Å². The van der Waals surface area contributed by atoms with E-state index in [1.165, 1.54) is 6.20 Å². The topological polar surface area (TPSA) is 47.0 Å². The maximum atomic E-state index is 10.1. The zero-order chi connectivity index (χ0) is 7.40. The second kappa shape index (κ2) is 3.12. The molecule has 3 nitrogen and oxygen atoms in total. The predicted molar refractivity (Wildman–Crippen MR) is 38.3 cm³/mol. The van der Waals surface area contributed by atoms with E-state index in [1.54, 1.807) is 18.3 Å². The first-order chi connectivity index (χ1) is 4.79. The lowest BCUT2D eigenvalue weighted by molar-refractivity contribution is 0.627. The fourth-order valence-corrected chi connectivity index (χ4v) is 0.918. The minimum atomic E-state index is -2.13. The summed E-state index contributed by atoms with van der Waals surface area (Å²) in [5.74, 6) is 0. The zero-order valence-corrected chi connectivity index (χ0v) is 5.88. The molecular formula is C6H5NO2S. The Labute approximate surface area is 59.9 Å². The normalized spacial score (nSPS) is 8.80. The van der Waals surface area contributed by atoms with Crippen molar-refractivity contribution in [3.05, 3.63) is 30.1 Å². The average molecular weight is 155 g/mol. The van der Waals surface area contributed by atoms with E-state index in [2.05, 4.69) is 4.98 Å². The molecule has 0 atom stereocenters. The van der Waals surface area contributed by atoms with Gasteiger partial charge in [-0.25, -0.2) is 0 Å². The van der Waals surface area contributed by atoms with Gasteiger partial charge in [-0.15, -0.1) is 0 Å². The fourth-order valence-electron chi connectivity index (χ4n) is 0.557. The van der Waals surface area contributed by atoms with E-state index in [-0.39, 0.29) is 0 Å². The van der Waals surface area contributed by atoms with Crippen LogP contribution >= 0.6 is 0 Å². The third-order valence-electron chi connectivity index (χ3n) is 0.917. The first-order valence-electron chi connectivity index (χ1n) is 2.62. The number of hydrogen-bond donors (Lipinski definition) is 0. The molecule has 0 saturated heterocycles. The summed E-state index contributed by atoms with van der Waals surface area (Å²) < 4.78 is 20.2. The molecule has 0 aliphatic rings. The van der Waals surface area contributed by atoms with E-state index in [0.717, 1.165) is 5.37 Å². The van der Waals surface area contributed by atoms with Gasteiger partial charge in [0.05, 0.1) is 5.37 Å². The van der Waals surface area contributed by atoms with Crippen molar-refractivity contribution in [2.75, 3.05) is 0 Å². The minimum Gasteiger partial charge on any atom is -0.264 e. The average Bonchev–Trinajstić information content (AvgIpc) is 1.88. The Bertz CT molecular complexity index is 320. The molecule has 0 N–H and O–H groups in total. The summed E-state index contributed by atoms with van der Waals surface area (Å²) in [6.45, 7) is 0. The molecule has 0 aliphatic carbocycles. The van der Waals surface area contributed by atoms with Crippen LogP contribution in [-0.2, 0) is 10.3 Å². The molecule has 0 fully saturated rings. The molecule has 0 radical (unpaired) electrons. The molecule has 4 heteroatoms. The van der Waals surface area contributed by atoms with E-state index in [9.17, 15) is 8.42 Å². The monoisotopic (exact) mass is 155 g/mol. The molecule has 1 heterocycles. The van der Waals surface area contributed by atoms with Gasteiger partial charge in [-0.3, -0.25) is 4.98 Å². The highest BCUT2D eigenvalue weighted by atomic mass is 32.2. The maximum absolute atomic E-state index is 10.1. The Kier molecular flexibility index (Phi) is 2.17. The van der Waals surface area contributed by atoms with Crippen LogP contribution < -0.4 is 0 Å². The number of aromatic nitrogens is 1. The van der Waals surface area contributed by atoms with Crippen LogP contribution in [0.25, 0.3) is 0 Å². The molecule has 52 valence electrons. The minimum absolute atomic E-state index is 0.593. The summed E-state index contributed by atoms with van der Waals surface area (Å²) in [6, 6.07) is 3.35. The molecule has 0 saturated carbocycles. The summed E-state index contributed by atoms with van der Waals surface area (Å²) in [6.07, 6.45) is 3.07. The smallest absolute Gasteiger partial charge is 0.214 e. The molecule has 10 heavy (non-hydrogen) atoms. The summed E-state index contributed by atoms with van der Waals surface area (Å²) in [5.41, 5.74) is 0.593. The van der Waals surface area contributed by atoms with Gasteiger partial charge >= 0.3 is 0 Å². The number of rotatable bonds is 1. The van der Waals surface area contributed by atoms with Crippen molar-refractivity contribution in [3.63, 3.8) is 0 Å². The predicted octanol–water partition coefficient (Wildman–Crippen LogP) is 0.111. The van der Waals surface area contributed by atoms with E-state index in [0.29, 0.717) is 5.56 Å². The lowest BCUT2D eigenvalue weighted by Crippen LogP contribution is -1.81. The van der Waals surface area contributed by atoms with E-state index in [1.807, 2.05) is 0 Å². The van der Waals surface area contributed by atoms with E-state index >= 15 is 0 Å². The van der Waals surface area contributed by atoms with Gasteiger partial charge in [0.25, 0.3) is 0 Å². The van der Waals surface area contributed by atoms with Crippen LogP contribution in [0.4, 0.5) is 0 Å². The van der Waals surface area contributed by atoms with Crippen molar-refractivity contribution in [3.8, 4) is 0 Å². The molecule has 0 spiro atoms. The van der Waals surface area contributed by atoms with Crippen molar-refractivity contribution in [2.45, 2.75) is 0 Å². The number of nitrogens with zero attached hydrogens (tertiary/aromatic N) is 1. The standard InChI is InChI=1S/C6H5NO2S/c8-10(9)5-6-2-1-3-7-4-6/h1-5H. The molecule has 1 rings (SSSR count). The third kappa shape index (κ3) is 1.99. The molecule has 0 bridgehead atoms. The van der Waals surface area contributed by atoms with Gasteiger partial charge in [0.15, 0.2) is 0 Å². The summed E-state index contributed by atoms with van der Waals surface area (Å²) in [7, 11) is -2.13. The van der Waals surface area contributed by atoms with E-state index < -0.39 is 10.3 Å². The Hall–Kier alpha value is -1.16. The SMILES string of the molecule is O=S(=O)=Cc1cccnc1. The summed E-state index contributed by atoms with van der Waals surface area (Å²) in [5, 5.41) is 1.10. The van der Waals surface area contributed by atoms with Gasteiger partial charge in [0.1, 0.15) is 0 Å². The van der Waals surface area contributed by atoms with Gasteiger partial charge in [0.2, 0.25) is 10.3 Å². The Morgan fingerprint density at radius 1 is 1.50 bits per heavy atom. The quantitative estimate of drug-likeness (QED) is 0.541. The van der Waals surface area contributed by atoms with Crippen molar-refractivity contribution in [2.24, 2.45) is 0 Å². The van der Waals surface area contributed by atoms with Gasteiger partial charge in [-0.1, -0.05) is 6.07 Å². The van der Waals surface area contributed by atoms with Crippen LogP contribution in [0.5, 0.6) is 0 Å². The van der Waals surface area contributed by atoms with Gasteiger partial charge in [-0.05, 0) is 6.07 Å². The molecule has 0 aromatic carbocycles. The highest BCUT2D eigenvalue weighted by Gasteiger charge is 1.82. The molecule has 0 aliphatic heterocycles. The Balaban J connectivity index is 3.10. The second-order valence-electron chi connectivity index (χ2n) is 1.66. The molecule has 0 unspecified atom stereocenters. The Morgan fingerprint density at radius 2 is 2.30 bits per heavy atom. The highest BCUT2D eigenvalue weighted by molar-refractivity contribution is 7.71. The van der Waals surface area contributed by atoms with Crippen LogP contribution in [0.3, 0.4) is 0 Å². The molecule has 0 amide bonds.